The van der Waals surface area contributed by atoms with Gasteiger partial charge in [0.2, 0.25) is 0 Å². The molecule has 104 valence electrons. The standard InChI is InChI=1S/C16H23NO2/c1-19-15(13-9-5-4-6-10-13)16(18)17-14-11-7-2-3-8-12-14/h4-6,9-10,14-15H,2-3,7-8,11-12H2,1H3,(H,17,18)/t15-/m0/s1. The molecule has 1 atom stereocenters. The fourth-order valence-electron chi connectivity index (χ4n) is 2.72. The third kappa shape index (κ3) is 4.06. The Morgan fingerprint density at radius 2 is 1.79 bits per heavy atom. The summed E-state index contributed by atoms with van der Waals surface area (Å²) in [6.45, 7) is 0. The minimum atomic E-state index is -0.496. The van der Waals surface area contributed by atoms with Gasteiger partial charge in [-0.05, 0) is 18.4 Å². The van der Waals surface area contributed by atoms with Crippen LogP contribution in [0.15, 0.2) is 30.3 Å². The number of rotatable bonds is 4. The van der Waals surface area contributed by atoms with Gasteiger partial charge >= 0.3 is 0 Å². The lowest BCUT2D eigenvalue weighted by Gasteiger charge is -2.21. The van der Waals surface area contributed by atoms with E-state index in [9.17, 15) is 4.79 Å². The minimum Gasteiger partial charge on any atom is -0.367 e. The van der Waals surface area contributed by atoms with Crippen LogP contribution >= 0.6 is 0 Å². The van der Waals surface area contributed by atoms with Gasteiger partial charge in [-0.1, -0.05) is 56.0 Å². The van der Waals surface area contributed by atoms with Crippen molar-refractivity contribution in [3.8, 4) is 0 Å². The van der Waals surface area contributed by atoms with Crippen LogP contribution in [0.1, 0.15) is 50.2 Å². The molecular weight excluding hydrogens is 238 g/mol. The summed E-state index contributed by atoms with van der Waals surface area (Å²) in [7, 11) is 1.59. The van der Waals surface area contributed by atoms with Crippen LogP contribution in [0.25, 0.3) is 0 Å². The monoisotopic (exact) mass is 261 g/mol. The maximum Gasteiger partial charge on any atom is 0.253 e. The van der Waals surface area contributed by atoms with Gasteiger partial charge in [-0.2, -0.15) is 0 Å². The highest BCUT2D eigenvalue weighted by Gasteiger charge is 2.23. The number of nitrogens with one attached hydrogen (secondary N) is 1. The lowest BCUT2D eigenvalue weighted by atomic mass is 10.1. The molecule has 0 radical (unpaired) electrons. The van der Waals surface area contributed by atoms with Crippen LogP contribution in [0.5, 0.6) is 0 Å². The Labute approximate surface area is 115 Å². The number of methoxy groups -OCH3 is 1. The van der Waals surface area contributed by atoms with Crippen molar-refractivity contribution in [3.05, 3.63) is 35.9 Å². The molecule has 1 aliphatic carbocycles. The van der Waals surface area contributed by atoms with Gasteiger partial charge in [-0.3, -0.25) is 4.79 Å². The summed E-state index contributed by atoms with van der Waals surface area (Å²) in [4.78, 5) is 12.3. The number of carbonyl (C=O) groups excluding carboxylic acids is 1. The first-order valence-corrected chi connectivity index (χ1v) is 7.19. The molecule has 0 aromatic heterocycles. The van der Waals surface area contributed by atoms with E-state index >= 15 is 0 Å². The molecule has 0 saturated heterocycles. The highest BCUT2D eigenvalue weighted by Crippen LogP contribution is 2.20. The number of ether oxygens (including phenoxy) is 1. The van der Waals surface area contributed by atoms with Gasteiger partial charge in [0.1, 0.15) is 0 Å². The van der Waals surface area contributed by atoms with Gasteiger partial charge in [0.25, 0.3) is 5.91 Å². The molecule has 1 amide bonds. The van der Waals surface area contributed by atoms with Crippen molar-refractivity contribution in [1.29, 1.82) is 0 Å². The molecule has 1 fully saturated rings. The molecule has 0 heterocycles. The van der Waals surface area contributed by atoms with Crippen molar-refractivity contribution in [3.63, 3.8) is 0 Å². The number of amides is 1. The van der Waals surface area contributed by atoms with Crippen molar-refractivity contribution < 1.29 is 9.53 Å². The van der Waals surface area contributed by atoms with Crippen molar-refractivity contribution in [2.45, 2.75) is 50.7 Å². The van der Waals surface area contributed by atoms with Gasteiger partial charge in [0.15, 0.2) is 6.10 Å². The van der Waals surface area contributed by atoms with Gasteiger partial charge in [0.05, 0.1) is 0 Å². The molecule has 0 unspecified atom stereocenters. The normalized spacial score (nSPS) is 18.6. The molecule has 0 bridgehead atoms. The quantitative estimate of drug-likeness (QED) is 0.845. The third-order valence-electron chi connectivity index (χ3n) is 3.78. The molecule has 3 nitrogen and oxygen atoms in total. The number of benzene rings is 1. The van der Waals surface area contributed by atoms with E-state index in [2.05, 4.69) is 5.32 Å². The first-order valence-electron chi connectivity index (χ1n) is 7.19. The predicted molar refractivity (Wildman–Crippen MR) is 75.8 cm³/mol. The maximum absolute atomic E-state index is 12.3. The van der Waals surface area contributed by atoms with Crippen LogP contribution in [-0.2, 0) is 9.53 Å². The smallest absolute Gasteiger partial charge is 0.253 e. The zero-order valence-corrected chi connectivity index (χ0v) is 11.6. The van der Waals surface area contributed by atoms with E-state index in [1.54, 1.807) is 7.11 Å². The van der Waals surface area contributed by atoms with Crippen LogP contribution in [-0.4, -0.2) is 19.1 Å². The van der Waals surface area contributed by atoms with Gasteiger partial charge < -0.3 is 10.1 Å². The Balaban J connectivity index is 1.96. The Hall–Kier alpha value is -1.35. The largest absolute Gasteiger partial charge is 0.367 e. The Kier molecular flexibility index (Phi) is 5.40. The molecule has 1 aromatic carbocycles. The van der Waals surface area contributed by atoms with Crippen LogP contribution in [0.4, 0.5) is 0 Å². The van der Waals surface area contributed by atoms with Crippen molar-refractivity contribution in [2.24, 2.45) is 0 Å². The van der Waals surface area contributed by atoms with E-state index in [1.165, 1.54) is 25.7 Å². The van der Waals surface area contributed by atoms with E-state index in [-0.39, 0.29) is 5.91 Å². The second-order valence-corrected chi connectivity index (χ2v) is 5.22. The molecule has 1 aromatic rings. The number of carbonyl (C=O) groups is 1. The van der Waals surface area contributed by atoms with Crippen molar-refractivity contribution in [2.75, 3.05) is 7.11 Å². The maximum atomic E-state index is 12.3. The van der Waals surface area contributed by atoms with Crippen molar-refractivity contribution >= 4 is 5.91 Å². The molecule has 1 N–H and O–H groups in total. The van der Waals surface area contributed by atoms with E-state index in [4.69, 9.17) is 4.74 Å². The highest BCUT2D eigenvalue weighted by atomic mass is 16.5. The molecule has 19 heavy (non-hydrogen) atoms. The van der Waals surface area contributed by atoms with Gasteiger partial charge in [-0.15, -0.1) is 0 Å². The molecule has 2 rings (SSSR count). The Morgan fingerprint density at radius 3 is 2.37 bits per heavy atom. The van der Waals surface area contributed by atoms with E-state index in [0.717, 1.165) is 18.4 Å². The second-order valence-electron chi connectivity index (χ2n) is 5.22. The molecule has 1 saturated carbocycles. The van der Waals surface area contributed by atoms with Crippen LogP contribution in [0.3, 0.4) is 0 Å². The fraction of sp³-hybridized carbons (Fsp3) is 0.562. The number of hydrogen-bond donors (Lipinski definition) is 1. The lowest BCUT2D eigenvalue weighted by Crippen LogP contribution is -2.38. The summed E-state index contributed by atoms with van der Waals surface area (Å²) in [6, 6.07) is 9.98. The average molecular weight is 261 g/mol. The molecule has 1 aliphatic rings. The Morgan fingerprint density at radius 1 is 1.16 bits per heavy atom. The van der Waals surface area contributed by atoms with Gasteiger partial charge in [-0.25, -0.2) is 0 Å². The zero-order valence-electron chi connectivity index (χ0n) is 11.6. The van der Waals surface area contributed by atoms with E-state index in [1.807, 2.05) is 30.3 Å². The minimum absolute atomic E-state index is 0.0133. The first-order chi connectivity index (χ1) is 9.31. The van der Waals surface area contributed by atoms with Crippen molar-refractivity contribution in [1.82, 2.24) is 5.32 Å². The summed E-state index contributed by atoms with van der Waals surface area (Å²) in [6.07, 6.45) is 6.71. The summed E-state index contributed by atoms with van der Waals surface area (Å²) >= 11 is 0. The molecule has 3 heteroatoms. The second kappa shape index (κ2) is 7.29. The molecular formula is C16H23NO2. The van der Waals surface area contributed by atoms with Gasteiger partial charge in [0, 0.05) is 13.2 Å². The summed E-state index contributed by atoms with van der Waals surface area (Å²) in [5, 5.41) is 3.14. The molecule has 0 aliphatic heterocycles. The van der Waals surface area contributed by atoms with Crippen LogP contribution < -0.4 is 5.32 Å². The first kappa shape index (κ1) is 14.1. The SMILES string of the molecule is CO[C@H](C(=O)NC1CCCCCC1)c1ccccc1. The van der Waals surface area contributed by atoms with Crippen LogP contribution in [0, 0.1) is 0 Å². The fourth-order valence-corrected chi connectivity index (χ4v) is 2.72. The number of hydrogen-bond acceptors (Lipinski definition) is 2. The van der Waals surface area contributed by atoms with E-state index < -0.39 is 6.10 Å². The van der Waals surface area contributed by atoms with E-state index in [0.29, 0.717) is 6.04 Å². The topological polar surface area (TPSA) is 38.3 Å². The summed E-state index contributed by atoms with van der Waals surface area (Å²) < 4.78 is 5.36. The zero-order chi connectivity index (χ0) is 13.5. The Bertz CT molecular complexity index is 383. The summed E-state index contributed by atoms with van der Waals surface area (Å²) in [5.74, 6) is -0.0133. The average Bonchev–Trinajstić information content (AvgIpc) is 2.69. The highest BCUT2D eigenvalue weighted by molar-refractivity contribution is 5.82. The van der Waals surface area contributed by atoms with Crippen LogP contribution in [0.2, 0.25) is 0 Å². The molecule has 0 spiro atoms. The third-order valence-corrected chi connectivity index (χ3v) is 3.78. The predicted octanol–water partition coefficient (Wildman–Crippen LogP) is 3.21. The lowest BCUT2D eigenvalue weighted by molar-refractivity contribution is -0.132. The summed E-state index contributed by atoms with van der Waals surface area (Å²) in [5.41, 5.74) is 0.913.